The molecular formula is C22H30N4O3. The standard InChI is InChI=1S/C22H30N4O3/c1-4-14(2)23-21(28)15(3)24-22(29)17-10-12-26(13-11-17)19-9-8-16-6-5-7-18(27)20(16)25-19/h5-9,14-15,17,27H,4,10-13H2,1-3H3,(H,23,28)(H,24,29). The van der Waals surface area contributed by atoms with Crippen molar-refractivity contribution in [2.24, 2.45) is 5.92 Å². The van der Waals surface area contributed by atoms with E-state index in [0.717, 1.165) is 17.6 Å². The van der Waals surface area contributed by atoms with Gasteiger partial charge in [0.1, 0.15) is 23.1 Å². The third-order valence-corrected chi connectivity index (χ3v) is 5.63. The lowest BCUT2D eigenvalue weighted by atomic mass is 9.95. The monoisotopic (exact) mass is 398 g/mol. The normalized spacial score (nSPS) is 17.0. The van der Waals surface area contributed by atoms with Crippen LogP contribution in [0.3, 0.4) is 0 Å². The summed E-state index contributed by atoms with van der Waals surface area (Å²) in [6.45, 7) is 7.09. The number of pyridine rings is 1. The number of fused-ring (bicyclic) bond motifs is 1. The molecule has 2 aromatic rings. The van der Waals surface area contributed by atoms with Gasteiger partial charge in [0.25, 0.3) is 0 Å². The molecule has 2 amide bonds. The zero-order valence-electron chi connectivity index (χ0n) is 17.3. The average molecular weight is 399 g/mol. The molecule has 0 saturated carbocycles. The summed E-state index contributed by atoms with van der Waals surface area (Å²) in [4.78, 5) is 31.4. The summed E-state index contributed by atoms with van der Waals surface area (Å²) in [7, 11) is 0. The maximum Gasteiger partial charge on any atom is 0.242 e. The van der Waals surface area contributed by atoms with E-state index in [9.17, 15) is 14.7 Å². The first kappa shape index (κ1) is 20.9. The van der Waals surface area contributed by atoms with Gasteiger partial charge < -0.3 is 20.6 Å². The number of aromatic hydroxyl groups is 1. The number of anilines is 1. The van der Waals surface area contributed by atoms with Crippen LogP contribution in [0.25, 0.3) is 10.9 Å². The van der Waals surface area contributed by atoms with E-state index in [2.05, 4.69) is 20.5 Å². The van der Waals surface area contributed by atoms with Crippen molar-refractivity contribution >= 4 is 28.5 Å². The molecule has 2 heterocycles. The highest BCUT2D eigenvalue weighted by Crippen LogP contribution is 2.27. The summed E-state index contributed by atoms with van der Waals surface area (Å²) in [6, 6.07) is 8.80. The van der Waals surface area contributed by atoms with E-state index in [1.54, 1.807) is 19.1 Å². The van der Waals surface area contributed by atoms with Crippen molar-refractivity contribution < 1.29 is 14.7 Å². The van der Waals surface area contributed by atoms with Crippen LogP contribution in [0.15, 0.2) is 30.3 Å². The predicted octanol–water partition coefficient (Wildman–Crippen LogP) is 2.58. The van der Waals surface area contributed by atoms with Crippen LogP contribution >= 0.6 is 0 Å². The Balaban J connectivity index is 1.55. The number of para-hydroxylation sites is 1. The Kier molecular flexibility index (Phi) is 6.56. The van der Waals surface area contributed by atoms with Gasteiger partial charge in [0, 0.05) is 30.4 Å². The largest absolute Gasteiger partial charge is 0.506 e. The van der Waals surface area contributed by atoms with Gasteiger partial charge in [0.15, 0.2) is 0 Å². The van der Waals surface area contributed by atoms with Crippen molar-refractivity contribution in [3.05, 3.63) is 30.3 Å². The maximum atomic E-state index is 12.6. The Labute approximate surface area is 171 Å². The highest BCUT2D eigenvalue weighted by molar-refractivity contribution is 5.88. The fourth-order valence-electron chi connectivity index (χ4n) is 3.53. The number of carbonyl (C=O) groups excluding carboxylic acids is 2. The van der Waals surface area contributed by atoms with Gasteiger partial charge in [0.05, 0.1) is 0 Å². The quantitative estimate of drug-likeness (QED) is 0.695. The van der Waals surface area contributed by atoms with E-state index >= 15 is 0 Å². The number of amides is 2. The van der Waals surface area contributed by atoms with E-state index in [4.69, 9.17) is 0 Å². The first-order valence-corrected chi connectivity index (χ1v) is 10.3. The molecule has 0 aliphatic carbocycles. The molecule has 7 heteroatoms. The van der Waals surface area contributed by atoms with Gasteiger partial charge in [-0.3, -0.25) is 9.59 Å². The predicted molar refractivity (Wildman–Crippen MR) is 114 cm³/mol. The van der Waals surface area contributed by atoms with E-state index in [0.29, 0.717) is 31.4 Å². The van der Waals surface area contributed by atoms with Crippen molar-refractivity contribution in [2.45, 2.75) is 52.1 Å². The Morgan fingerprint density at radius 1 is 1.17 bits per heavy atom. The SMILES string of the molecule is CCC(C)NC(=O)C(C)NC(=O)C1CCN(c2ccc3cccc(O)c3n2)CC1. The van der Waals surface area contributed by atoms with E-state index in [-0.39, 0.29) is 29.5 Å². The number of phenols is 1. The van der Waals surface area contributed by atoms with Crippen LogP contribution in [0.1, 0.15) is 40.0 Å². The van der Waals surface area contributed by atoms with E-state index in [1.165, 1.54) is 0 Å². The van der Waals surface area contributed by atoms with Gasteiger partial charge in [-0.05, 0) is 51.3 Å². The lowest BCUT2D eigenvalue weighted by Gasteiger charge is -2.32. The number of nitrogens with one attached hydrogen (secondary N) is 2. The first-order valence-electron chi connectivity index (χ1n) is 10.3. The molecule has 0 bridgehead atoms. The summed E-state index contributed by atoms with van der Waals surface area (Å²) >= 11 is 0. The second-order valence-electron chi connectivity index (χ2n) is 7.83. The fourth-order valence-corrected chi connectivity index (χ4v) is 3.53. The summed E-state index contributed by atoms with van der Waals surface area (Å²) in [6.07, 6.45) is 2.25. The summed E-state index contributed by atoms with van der Waals surface area (Å²) in [5, 5.41) is 16.7. The molecule has 1 aliphatic rings. The molecule has 1 aromatic carbocycles. The molecule has 156 valence electrons. The van der Waals surface area contributed by atoms with Crippen LogP contribution in [-0.4, -0.2) is 47.1 Å². The van der Waals surface area contributed by atoms with Crippen molar-refractivity contribution in [1.82, 2.24) is 15.6 Å². The molecule has 2 atom stereocenters. The minimum absolute atomic E-state index is 0.0689. The molecule has 3 rings (SSSR count). The Hall–Kier alpha value is -2.83. The van der Waals surface area contributed by atoms with Crippen molar-refractivity contribution in [3.8, 4) is 5.75 Å². The molecule has 2 unspecified atom stereocenters. The first-order chi connectivity index (χ1) is 13.9. The lowest BCUT2D eigenvalue weighted by molar-refractivity contribution is -0.131. The van der Waals surface area contributed by atoms with Gasteiger partial charge in [-0.25, -0.2) is 4.98 Å². The number of phenolic OH excluding ortho intramolecular Hbond substituents is 1. The maximum absolute atomic E-state index is 12.6. The molecule has 1 fully saturated rings. The summed E-state index contributed by atoms with van der Waals surface area (Å²) in [5.74, 6) is 0.646. The van der Waals surface area contributed by atoms with E-state index in [1.807, 2.05) is 32.0 Å². The third kappa shape index (κ3) is 4.96. The summed E-state index contributed by atoms with van der Waals surface area (Å²) < 4.78 is 0. The van der Waals surface area contributed by atoms with Gasteiger partial charge in [-0.1, -0.05) is 19.1 Å². The Morgan fingerprint density at radius 3 is 2.59 bits per heavy atom. The number of aromatic nitrogens is 1. The molecule has 29 heavy (non-hydrogen) atoms. The van der Waals surface area contributed by atoms with Crippen LogP contribution in [0.5, 0.6) is 5.75 Å². The van der Waals surface area contributed by atoms with Gasteiger partial charge in [0.2, 0.25) is 11.8 Å². The summed E-state index contributed by atoms with van der Waals surface area (Å²) in [5.41, 5.74) is 0.589. The van der Waals surface area contributed by atoms with Gasteiger partial charge in [-0.15, -0.1) is 0 Å². The molecule has 0 radical (unpaired) electrons. The number of piperidine rings is 1. The molecule has 1 aliphatic heterocycles. The van der Waals surface area contributed by atoms with Gasteiger partial charge in [-0.2, -0.15) is 0 Å². The van der Waals surface area contributed by atoms with Crippen LogP contribution in [0, 0.1) is 5.92 Å². The number of benzene rings is 1. The number of rotatable bonds is 6. The highest BCUT2D eigenvalue weighted by Gasteiger charge is 2.28. The van der Waals surface area contributed by atoms with Crippen molar-refractivity contribution in [1.29, 1.82) is 0 Å². The zero-order valence-corrected chi connectivity index (χ0v) is 17.3. The Bertz CT molecular complexity index is 877. The molecular weight excluding hydrogens is 368 g/mol. The van der Waals surface area contributed by atoms with Crippen LogP contribution in [0.4, 0.5) is 5.82 Å². The topological polar surface area (TPSA) is 94.6 Å². The number of nitrogens with zero attached hydrogens (tertiary/aromatic N) is 2. The van der Waals surface area contributed by atoms with Gasteiger partial charge >= 0.3 is 0 Å². The van der Waals surface area contributed by atoms with E-state index < -0.39 is 6.04 Å². The van der Waals surface area contributed by atoms with Crippen molar-refractivity contribution in [2.75, 3.05) is 18.0 Å². The van der Waals surface area contributed by atoms with Crippen LogP contribution < -0.4 is 15.5 Å². The third-order valence-electron chi connectivity index (χ3n) is 5.63. The zero-order chi connectivity index (χ0) is 21.0. The second kappa shape index (κ2) is 9.11. The minimum atomic E-state index is -0.542. The number of carbonyl (C=O) groups is 2. The number of hydrogen-bond donors (Lipinski definition) is 3. The number of hydrogen-bond acceptors (Lipinski definition) is 5. The Morgan fingerprint density at radius 2 is 1.90 bits per heavy atom. The van der Waals surface area contributed by atoms with Crippen LogP contribution in [0.2, 0.25) is 0 Å². The molecule has 7 nitrogen and oxygen atoms in total. The second-order valence-corrected chi connectivity index (χ2v) is 7.83. The highest BCUT2D eigenvalue weighted by atomic mass is 16.3. The molecule has 1 aromatic heterocycles. The van der Waals surface area contributed by atoms with Crippen LogP contribution in [-0.2, 0) is 9.59 Å². The molecule has 0 spiro atoms. The average Bonchev–Trinajstić information content (AvgIpc) is 2.73. The molecule has 1 saturated heterocycles. The fraction of sp³-hybridized carbons (Fsp3) is 0.500. The molecule has 3 N–H and O–H groups in total. The van der Waals surface area contributed by atoms with Crippen molar-refractivity contribution in [3.63, 3.8) is 0 Å². The smallest absolute Gasteiger partial charge is 0.242 e. The lowest BCUT2D eigenvalue weighted by Crippen LogP contribution is -2.50. The minimum Gasteiger partial charge on any atom is -0.506 e.